The molecule has 0 saturated carbocycles. The highest BCUT2D eigenvalue weighted by Crippen LogP contribution is 2.30. The van der Waals surface area contributed by atoms with Crippen LogP contribution >= 0.6 is 11.6 Å². The third kappa shape index (κ3) is 2.30. The molecule has 4 N–H and O–H groups in total. The van der Waals surface area contributed by atoms with E-state index in [0.717, 1.165) is 11.3 Å². The molecule has 0 fully saturated rings. The van der Waals surface area contributed by atoms with Crippen molar-refractivity contribution in [2.75, 3.05) is 11.5 Å². The predicted molar refractivity (Wildman–Crippen MR) is 83.2 cm³/mol. The van der Waals surface area contributed by atoms with Crippen LogP contribution in [0.25, 0.3) is 17.1 Å². The van der Waals surface area contributed by atoms with E-state index in [1.807, 2.05) is 19.1 Å². The first-order chi connectivity index (χ1) is 10.1. The number of benzene rings is 2. The normalized spacial score (nSPS) is 10.8. The van der Waals surface area contributed by atoms with Crippen molar-refractivity contribution in [2.45, 2.75) is 6.92 Å². The molecular weight excluding hydrogens is 288 g/mol. The topological polar surface area (TPSA) is 95.6 Å². The quantitative estimate of drug-likeness (QED) is 0.709. The number of aromatic nitrogens is 4. The monoisotopic (exact) mass is 300 g/mol. The van der Waals surface area contributed by atoms with E-state index in [4.69, 9.17) is 23.1 Å². The number of hydrogen-bond donors (Lipinski definition) is 2. The van der Waals surface area contributed by atoms with Crippen molar-refractivity contribution in [1.29, 1.82) is 0 Å². The van der Waals surface area contributed by atoms with Crippen molar-refractivity contribution in [3.63, 3.8) is 0 Å². The summed E-state index contributed by atoms with van der Waals surface area (Å²) in [7, 11) is 0. The number of tetrazole rings is 1. The first-order valence-corrected chi connectivity index (χ1v) is 6.65. The third-order valence-corrected chi connectivity index (χ3v) is 3.49. The van der Waals surface area contributed by atoms with Crippen LogP contribution in [-0.2, 0) is 0 Å². The number of halogens is 1. The van der Waals surface area contributed by atoms with Crippen LogP contribution in [0.2, 0.25) is 5.02 Å². The van der Waals surface area contributed by atoms with Gasteiger partial charge in [-0.2, -0.15) is 4.68 Å². The molecule has 0 saturated heterocycles. The lowest BCUT2D eigenvalue weighted by molar-refractivity contribution is 0.787. The first kappa shape index (κ1) is 13.4. The Morgan fingerprint density at radius 3 is 2.67 bits per heavy atom. The van der Waals surface area contributed by atoms with Gasteiger partial charge in [0.2, 0.25) is 0 Å². The molecule has 0 aliphatic heterocycles. The van der Waals surface area contributed by atoms with Gasteiger partial charge in [0.15, 0.2) is 5.82 Å². The maximum Gasteiger partial charge on any atom is 0.189 e. The molecule has 21 heavy (non-hydrogen) atoms. The van der Waals surface area contributed by atoms with Gasteiger partial charge in [-0.15, -0.1) is 5.10 Å². The summed E-state index contributed by atoms with van der Waals surface area (Å²) in [6.07, 6.45) is 0. The van der Waals surface area contributed by atoms with Gasteiger partial charge in [-0.3, -0.25) is 0 Å². The molecule has 0 bridgehead atoms. The molecular formula is C14H13ClN6. The average molecular weight is 301 g/mol. The number of aryl methyl sites for hydroxylation is 1. The zero-order valence-electron chi connectivity index (χ0n) is 11.3. The van der Waals surface area contributed by atoms with Crippen LogP contribution in [0.4, 0.5) is 11.4 Å². The lowest BCUT2D eigenvalue weighted by Gasteiger charge is -2.11. The largest absolute Gasteiger partial charge is 0.399 e. The summed E-state index contributed by atoms with van der Waals surface area (Å²) in [6, 6.07) is 10.8. The van der Waals surface area contributed by atoms with E-state index in [2.05, 4.69) is 15.5 Å². The second kappa shape index (κ2) is 5.06. The maximum absolute atomic E-state index is 6.28. The molecule has 0 radical (unpaired) electrons. The molecule has 0 unspecified atom stereocenters. The number of anilines is 2. The molecule has 0 aliphatic carbocycles. The predicted octanol–water partition coefficient (Wildman–Crippen LogP) is 2.46. The van der Waals surface area contributed by atoms with Crippen LogP contribution < -0.4 is 11.5 Å². The number of nitrogens with two attached hydrogens (primary N) is 2. The van der Waals surface area contributed by atoms with Crippen LogP contribution in [0.1, 0.15) is 5.56 Å². The Balaban J connectivity index is 2.22. The van der Waals surface area contributed by atoms with Gasteiger partial charge in [-0.05, 0) is 47.2 Å². The molecule has 0 aliphatic rings. The minimum Gasteiger partial charge on any atom is -0.399 e. The Labute approximate surface area is 126 Å². The van der Waals surface area contributed by atoms with Gasteiger partial charge in [0.25, 0.3) is 0 Å². The highest BCUT2D eigenvalue weighted by atomic mass is 35.5. The van der Waals surface area contributed by atoms with Crippen LogP contribution in [0, 0.1) is 6.92 Å². The van der Waals surface area contributed by atoms with Crippen LogP contribution in [0.3, 0.4) is 0 Å². The lowest BCUT2D eigenvalue weighted by atomic mass is 10.1. The van der Waals surface area contributed by atoms with Crippen molar-refractivity contribution < 1.29 is 0 Å². The van der Waals surface area contributed by atoms with Gasteiger partial charge in [-0.25, -0.2) is 0 Å². The minimum atomic E-state index is 0.510. The Bertz CT molecular complexity index is 791. The van der Waals surface area contributed by atoms with Gasteiger partial charge in [0.05, 0.1) is 10.7 Å². The molecule has 0 atom stereocenters. The van der Waals surface area contributed by atoms with Gasteiger partial charge in [0, 0.05) is 16.9 Å². The maximum atomic E-state index is 6.28. The van der Waals surface area contributed by atoms with Crippen molar-refractivity contribution in [3.05, 3.63) is 47.0 Å². The fourth-order valence-electron chi connectivity index (χ4n) is 2.18. The lowest BCUT2D eigenvalue weighted by Crippen LogP contribution is -2.04. The zero-order chi connectivity index (χ0) is 15.0. The smallest absolute Gasteiger partial charge is 0.189 e. The molecule has 1 heterocycles. The van der Waals surface area contributed by atoms with Gasteiger partial charge in [-0.1, -0.05) is 23.7 Å². The summed E-state index contributed by atoms with van der Waals surface area (Å²) in [6.45, 7) is 1.94. The molecule has 3 aromatic rings. The van der Waals surface area contributed by atoms with E-state index < -0.39 is 0 Å². The molecule has 7 heteroatoms. The van der Waals surface area contributed by atoms with Gasteiger partial charge in [0.1, 0.15) is 0 Å². The Morgan fingerprint density at radius 2 is 1.95 bits per heavy atom. The molecule has 1 aromatic heterocycles. The van der Waals surface area contributed by atoms with E-state index in [0.29, 0.717) is 27.8 Å². The summed E-state index contributed by atoms with van der Waals surface area (Å²) in [4.78, 5) is 0. The van der Waals surface area contributed by atoms with Crippen LogP contribution in [0.5, 0.6) is 0 Å². The summed E-state index contributed by atoms with van der Waals surface area (Å²) < 4.78 is 1.58. The fraction of sp³-hybridized carbons (Fsp3) is 0.0714. The number of nitrogens with zero attached hydrogens (tertiary/aromatic N) is 4. The zero-order valence-corrected chi connectivity index (χ0v) is 12.0. The summed E-state index contributed by atoms with van der Waals surface area (Å²) in [5.74, 6) is 0.517. The van der Waals surface area contributed by atoms with Gasteiger partial charge < -0.3 is 11.5 Å². The minimum absolute atomic E-state index is 0.510. The van der Waals surface area contributed by atoms with Crippen LogP contribution in [0.15, 0.2) is 36.4 Å². The fourth-order valence-corrected chi connectivity index (χ4v) is 2.48. The molecule has 0 amide bonds. The summed E-state index contributed by atoms with van der Waals surface area (Å²) in [5, 5.41) is 12.4. The SMILES string of the molecule is Cc1cccc(Cl)c1-n1nnnc1-c1ccc(N)cc1N. The number of nitrogen functional groups attached to an aromatic ring is 2. The number of hydrogen-bond acceptors (Lipinski definition) is 5. The third-order valence-electron chi connectivity index (χ3n) is 3.19. The van der Waals surface area contributed by atoms with Crippen molar-refractivity contribution in [1.82, 2.24) is 20.2 Å². The van der Waals surface area contributed by atoms with Gasteiger partial charge >= 0.3 is 0 Å². The Kier molecular flexibility index (Phi) is 3.23. The molecule has 106 valence electrons. The first-order valence-electron chi connectivity index (χ1n) is 6.27. The van der Waals surface area contributed by atoms with E-state index >= 15 is 0 Å². The second-order valence-corrected chi connectivity index (χ2v) is 5.07. The molecule has 3 rings (SSSR count). The van der Waals surface area contributed by atoms with Crippen molar-refractivity contribution >= 4 is 23.0 Å². The van der Waals surface area contributed by atoms with E-state index in [1.54, 1.807) is 28.9 Å². The second-order valence-electron chi connectivity index (χ2n) is 4.67. The average Bonchev–Trinajstić information content (AvgIpc) is 2.87. The van der Waals surface area contributed by atoms with Crippen molar-refractivity contribution in [2.24, 2.45) is 0 Å². The Morgan fingerprint density at radius 1 is 1.14 bits per heavy atom. The standard InChI is InChI=1S/C14H13ClN6/c1-8-3-2-4-11(15)13(8)21-14(18-19-20-21)10-6-5-9(16)7-12(10)17/h2-7H,16-17H2,1H3. The molecule has 6 nitrogen and oxygen atoms in total. The van der Waals surface area contributed by atoms with E-state index in [-0.39, 0.29) is 0 Å². The van der Waals surface area contributed by atoms with Crippen molar-refractivity contribution in [3.8, 4) is 17.1 Å². The summed E-state index contributed by atoms with van der Waals surface area (Å²) in [5.41, 5.74) is 15.2. The van der Waals surface area contributed by atoms with E-state index in [1.165, 1.54) is 0 Å². The highest BCUT2D eigenvalue weighted by molar-refractivity contribution is 6.32. The van der Waals surface area contributed by atoms with E-state index in [9.17, 15) is 0 Å². The number of para-hydroxylation sites is 1. The molecule has 2 aromatic carbocycles. The number of rotatable bonds is 2. The Hall–Kier alpha value is -2.60. The summed E-state index contributed by atoms with van der Waals surface area (Å²) >= 11 is 6.28. The highest BCUT2D eigenvalue weighted by Gasteiger charge is 2.17. The van der Waals surface area contributed by atoms with Crippen LogP contribution in [-0.4, -0.2) is 20.2 Å². The molecule has 0 spiro atoms.